The molecule has 0 aromatic carbocycles. The average molecular weight is 302 g/mol. The second kappa shape index (κ2) is 8.27. The largest absolute Gasteiger partial charge is 0.325 e. The van der Waals surface area contributed by atoms with Crippen LogP contribution in [0.25, 0.3) is 0 Å². The quantitative estimate of drug-likeness (QED) is 0.643. The molecule has 106 valence electrons. The Morgan fingerprint density at radius 2 is 2.37 bits per heavy atom. The number of hydrogen-bond acceptors (Lipinski definition) is 3. The molecule has 0 fully saturated rings. The highest BCUT2D eigenvalue weighted by Gasteiger charge is 2.16. The lowest BCUT2D eigenvalue weighted by Crippen LogP contribution is -2.38. The number of rotatable bonds is 6. The van der Waals surface area contributed by atoms with Gasteiger partial charge >= 0.3 is 6.03 Å². The average Bonchev–Trinajstić information content (AvgIpc) is 2.40. The first-order valence-corrected chi connectivity index (χ1v) is 7.81. The number of carbonyl (C=O) groups excluding carboxylic acids is 1. The smallest absolute Gasteiger partial charge is 0.321 e. The number of hydrogen-bond donors (Lipinski definition) is 1. The number of pyridine rings is 1. The Morgan fingerprint density at radius 1 is 1.63 bits per heavy atom. The minimum Gasteiger partial charge on any atom is -0.325 e. The number of halogens is 1. The molecule has 0 radical (unpaired) electrons. The first-order chi connectivity index (χ1) is 9.06. The molecule has 0 spiro atoms. The van der Waals surface area contributed by atoms with E-state index in [9.17, 15) is 4.79 Å². The van der Waals surface area contributed by atoms with Gasteiger partial charge in [0.15, 0.2) is 5.15 Å². The molecule has 1 aromatic rings. The minimum absolute atomic E-state index is 0.163. The van der Waals surface area contributed by atoms with Gasteiger partial charge in [0.2, 0.25) is 0 Å². The van der Waals surface area contributed by atoms with Gasteiger partial charge in [-0.1, -0.05) is 18.5 Å². The zero-order valence-electron chi connectivity index (χ0n) is 11.5. The summed E-state index contributed by atoms with van der Waals surface area (Å²) in [4.78, 5) is 17.7. The number of thioether (sulfide) groups is 1. The lowest BCUT2D eigenvalue weighted by atomic mass is 10.2. The molecule has 0 aliphatic rings. The molecule has 2 amide bonds. The highest BCUT2D eigenvalue weighted by Crippen LogP contribution is 2.18. The third-order valence-corrected chi connectivity index (χ3v) is 4.10. The Kier molecular flexibility index (Phi) is 7.02. The fraction of sp³-hybridized carbons (Fsp3) is 0.538. The first kappa shape index (κ1) is 16.1. The van der Waals surface area contributed by atoms with Crippen molar-refractivity contribution in [3.8, 4) is 0 Å². The van der Waals surface area contributed by atoms with Crippen LogP contribution in [0.4, 0.5) is 10.5 Å². The topological polar surface area (TPSA) is 45.2 Å². The highest BCUT2D eigenvalue weighted by atomic mass is 35.5. The summed E-state index contributed by atoms with van der Waals surface area (Å²) < 4.78 is 0. The third kappa shape index (κ3) is 5.28. The Balaban J connectivity index is 2.50. The number of urea groups is 1. The van der Waals surface area contributed by atoms with Gasteiger partial charge in [0.1, 0.15) is 0 Å². The molecular formula is C13H20ClN3OS. The number of anilines is 1. The van der Waals surface area contributed by atoms with Gasteiger partial charge in [0, 0.05) is 19.3 Å². The van der Waals surface area contributed by atoms with Crippen LogP contribution in [0.15, 0.2) is 18.3 Å². The summed E-state index contributed by atoms with van der Waals surface area (Å²) in [5, 5.41) is 3.07. The Morgan fingerprint density at radius 3 is 3.00 bits per heavy atom. The molecule has 1 atom stereocenters. The molecule has 0 bridgehead atoms. The lowest BCUT2D eigenvalue weighted by Gasteiger charge is -2.25. The number of nitrogens with zero attached hydrogens (tertiary/aromatic N) is 2. The van der Waals surface area contributed by atoms with Crippen LogP contribution in [0.2, 0.25) is 5.15 Å². The zero-order chi connectivity index (χ0) is 14.3. The molecule has 4 nitrogen and oxygen atoms in total. The van der Waals surface area contributed by atoms with E-state index in [1.54, 1.807) is 30.3 Å². The van der Waals surface area contributed by atoms with Crippen LogP contribution >= 0.6 is 23.4 Å². The van der Waals surface area contributed by atoms with Gasteiger partial charge in [-0.15, -0.1) is 0 Å². The molecule has 1 heterocycles. The maximum absolute atomic E-state index is 12.1. The minimum atomic E-state index is -0.163. The van der Waals surface area contributed by atoms with Crippen LogP contribution in [0.1, 0.15) is 20.3 Å². The van der Waals surface area contributed by atoms with Crippen molar-refractivity contribution in [3.05, 3.63) is 23.5 Å². The fourth-order valence-corrected chi connectivity index (χ4v) is 2.44. The number of amides is 2. The van der Waals surface area contributed by atoms with E-state index in [1.807, 2.05) is 18.7 Å². The van der Waals surface area contributed by atoms with E-state index in [1.165, 1.54) is 0 Å². The number of carbonyl (C=O) groups is 1. The van der Waals surface area contributed by atoms with Crippen LogP contribution in [0.3, 0.4) is 0 Å². The molecule has 6 heteroatoms. The molecule has 0 unspecified atom stereocenters. The fourth-order valence-electron chi connectivity index (χ4n) is 1.47. The van der Waals surface area contributed by atoms with Gasteiger partial charge in [-0.25, -0.2) is 9.78 Å². The van der Waals surface area contributed by atoms with E-state index in [4.69, 9.17) is 11.6 Å². The third-order valence-electron chi connectivity index (χ3n) is 2.87. The molecule has 1 rings (SSSR count). The van der Waals surface area contributed by atoms with Crippen molar-refractivity contribution in [2.75, 3.05) is 23.9 Å². The van der Waals surface area contributed by atoms with Crippen LogP contribution in [-0.2, 0) is 0 Å². The van der Waals surface area contributed by atoms with Crippen molar-refractivity contribution in [3.63, 3.8) is 0 Å². The molecular weight excluding hydrogens is 282 g/mol. The summed E-state index contributed by atoms with van der Waals surface area (Å²) in [5.41, 5.74) is 0.538. The highest BCUT2D eigenvalue weighted by molar-refractivity contribution is 7.99. The van der Waals surface area contributed by atoms with Crippen molar-refractivity contribution < 1.29 is 4.79 Å². The van der Waals surface area contributed by atoms with E-state index >= 15 is 0 Å². The summed E-state index contributed by atoms with van der Waals surface area (Å²) in [7, 11) is 1.79. The molecule has 0 aliphatic heterocycles. The Hall–Kier alpha value is -0.940. The maximum atomic E-state index is 12.1. The summed E-state index contributed by atoms with van der Waals surface area (Å²) >= 11 is 7.79. The predicted molar refractivity (Wildman–Crippen MR) is 83.1 cm³/mol. The molecule has 0 saturated carbocycles. The van der Waals surface area contributed by atoms with Gasteiger partial charge in [-0.3, -0.25) is 0 Å². The summed E-state index contributed by atoms with van der Waals surface area (Å²) in [6.45, 7) is 4.18. The van der Waals surface area contributed by atoms with Crippen LogP contribution in [0, 0.1) is 0 Å². The number of aromatic nitrogens is 1. The van der Waals surface area contributed by atoms with Gasteiger partial charge in [0.05, 0.1) is 5.69 Å². The van der Waals surface area contributed by atoms with Crippen molar-refractivity contribution in [1.82, 2.24) is 9.88 Å². The zero-order valence-corrected chi connectivity index (χ0v) is 13.1. The monoisotopic (exact) mass is 301 g/mol. The first-order valence-electron chi connectivity index (χ1n) is 6.28. The van der Waals surface area contributed by atoms with Crippen LogP contribution in [-0.4, -0.2) is 40.5 Å². The molecule has 19 heavy (non-hydrogen) atoms. The molecule has 1 aromatic heterocycles. The molecule has 1 N–H and O–H groups in total. The summed E-state index contributed by atoms with van der Waals surface area (Å²) in [6, 6.07) is 3.50. The Labute approximate surface area is 123 Å². The van der Waals surface area contributed by atoms with Gasteiger partial charge in [-0.2, -0.15) is 11.8 Å². The normalized spacial score (nSPS) is 12.0. The van der Waals surface area contributed by atoms with Crippen molar-refractivity contribution in [2.24, 2.45) is 0 Å². The maximum Gasteiger partial charge on any atom is 0.321 e. The Bertz CT molecular complexity index is 417. The van der Waals surface area contributed by atoms with Crippen LogP contribution in [0.5, 0.6) is 0 Å². The van der Waals surface area contributed by atoms with E-state index in [0.717, 1.165) is 17.9 Å². The van der Waals surface area contributed by atoms with E-state index < -0.39 is 0 Å². The molecule has 0 aliphatic carbocycles. The standard InChI is InChI=1S/C13H20ClN3OS/c1-4-19-9-7-10(2)17(3)13(18)16-11-6-5-8-15-12(11)14/h5-6,8,10H,4,7,9H2,1-3H3,(H,16,18)/t10-/m0/s1. The van der Waals surface area contributed by atoms with E-state index in [2.05, 4.69) is 17.2 Å². The number of nitrogens with one attached hydrogen (secondary N) is 1. The van der Waals surface area contributed by atoms with Gasteiger partial charge < -0.3 is 10.2 Å². The summed E-state index contributed by atoms with van der Waals surface area (Å²) in [6.07, 6.45) is 2.56. The van der Waals surface area contributed by atoms with E-state index in [-0.39, 0.29) is 12.1 Å². The second-order valence-corrected chi connectivity index (χ2v) is 5.97. The SMILES string of the molecule is CCSCC[C@H](C)N(C)C(=O)Nc1cccnc1Cl. The van der Waals surface area contributed by atoms with E-state index in [0.29, 0.717) is 10.8 Å². The van der Waals surface area contributed by atoms with Crippen molar-refractivity contribution in [1.29, 1.82) is 0 Å². The molecule has 0 saturated heterocycles. The second-order valence-electron chi connectivity index (χ2n) is 4.22. The predicted octanol–water partition coefficient (Wildman–Crippen LogP) is 3.73. The summed E-state index contributed by atoms with van der Waals surface area (Å²) in [5.74, 6) is 2.16. The van der Waals surface area contributed by atoms with Crippen LogP contribution < -0.4 is 5.32 Å². The van der Waals surface area contributed by atoms with Crippen molar-refractivity contribution >= 4 is 35.1 Å². The van der Waals surface area contributed by atoms with Gasteiger partial charge in [0.25, 0.3) is 0 Å². The lowest BCUT2D eigenvalue weighted by molar-refractivity contribution is 0.207. The van der Waals surface area contributed by atoms with Gasteiger partial charge in [-0.05, 0) is 37.0 Å². The van der Waals surface area contributed by atoms with Crippen molar-refractivity contribution in [2.45, 2.75) is 26.3 Å².